The average molecular weight is 342 g/mol. The number of methoxy groups -OCH3 is 1. The van der Waals surface area contributed by atoms with Crippen LogP contribution in [-0.2, 0) is 14.8 Å². The molecule has 0 spiro atoms. The summed E-state index contributed by atoms with van der Waals surface area (Å²) in [6.07, 6.45) is 2.39. The molecule has 23 heavy (non-hydrogen) atoms. The van der Waals surface area contributed by atoms with Crippen LogP contribution in [0.15, 0.2) is 24.3 Å². The topological polar surface area (TPSA) is 84.9 Å². The van der Waals surface area contributed by atoms with Crippen LogP contribution in [0.4, 0.5) is 0 Å². The minimum absolute atomic E-state index is 0.272. The van der Waals surface area contributed by atoms with Crippen molar-refractivity contribution in [1.82, 2.24) is 9.62 Å². The summed E-state index contributed by atoms with van der Waals surface area (Å²) in [6, 6.07) is 6.53. The second-order valence-electron chi connectivity index (χ2n) is 5.35. The SMILES string of the molecule is COc1ccc(OCCNC(=O)C2CCCN2S(C)(=O)=O)cc1. The minimum atomic E-state index is -3.35. The highest BCUT2D eigenvalue weighted by Gasteiger charge is 2.36. The minimum Gasteiger partial charge on any atom is -0.497 e. The second kappa shape index (κ2) is 7.65. The number of carbonyl (C=O) groups is 1. The first-order chi connectivity index (χ1) is 10.9. The number of nitrogens with one attached hydrogen (secondary N) is 1. The standard InChI is InChI=1S/C15H22N2O5S/c1-21-12-5-7-13(8-6-12)22-11-9-16-15(18)14-4-3-10-17(14)23(2,19)20/h5-8,14H,3-4,9-11H2,1-2H3,(H,16,18). The van der Waals surface area contributed by atoms with E-state index in [0.717, 1.165) is 12.0 Å². The van der Waals surface area contributed by atoms with Crippen LogP contribution in [0.5, 0.6) is 11.5 Å². The van der Waals surface area contributed by atoms with E-state index in [0.29, 0.717) is 38.3 Å². The van der Waals surface area contributed by atoms with E-state index in [1.165, 1.54) is 4.31 Å². The first-order valence-corrected chi connectivity index (χ1v) is 9.28. The van der Waals surface area contributed by atoms with E-state index in [9.17, 15) is 13.2 Å². The Morgan fingerprint density at radius 2 is 1.96 bits per heavy atom. The van der Waals surface area contributed by atoms with E-state index in [2.05, 4.69) is 5.32 Å². The molecule has 1 aromatic rings. The van der Waals surface area contributed by atoms with Gasteiger partial charge in [-0.05, 0) is 37.1 Å². The highest BCUT2D eigenvalue weighted by Crippen LogP contribution is 2.20. The zero-order valence-corrected chi connectivity index (χ0v) is 14.1. The zero-order chi connectivity index (χ0) is 16.9. The Balaban J connectivity index is 1.76. The number of sulfonamides is 1. The summed E-state index contributed by atoms with van der Waals surface area (Å²) in [6.45, 7) is 1.03. The van der Waals surface area contributed by atoms with E-state index in [1.807, 2.05) is 0 Å². The van der Waals surface area contributed by atoms with Crippen LogP contribution in [0.3, 0.4) is 0 Å². The van der Waals surface area contributed by atoms with Gasteiger partial charge in [-0.2, -0.15) is 4.31 Å². The predicted octanol–water partition coefficient (Wildman–Crippen LogP) is 0.614. The summed E-state index contributed by atoms with van der Waals surface area (Å²) < 4.78 is 35.1. The van der Waals surface area contributed by atoms with Crippen molar-refractivity contribution in [3.8, 4) is 11.5 Å². The lowest BCUT2D eigenvalue weighted by Gasteiger charge is -2.21. The monoisotopic (exact) mass is 342 g/mol. The van der Waals surface area contributed by atoms with Gasteiger partial charge in [0.25, 0.3) is 0 Å². The lowest BCUT2D eigenvalue weighted by atomic mass is 10.2. The highest BCUT2D eigenvalue weighted by atomic mass is 32.2. The molecule has 0 bridgehead atoms. The molecule has 1 heterocycles. The van der Waals surface area contributed by atoms with Crippen molar-refractivity contribution in [2.45, 2.75) is 18.9 Å². The first-order valence-electron chi connectivity index (χ1n) is 7.43. The summed E-state index contributed by atoms with van der Waals surface area (Å²) in [5.41, 5.74) is 0. The quantitative estimate of drug-likeness (QED) is 0.734. The molecular formula is C15H22N2O5S. The summed E-state index contributed by atoms with van der Waals surface area (Å²) in [4.78, 5) is 12.1. The van der Waals surface area contributed by atoms with Crippen molar-refractivity contribution in [3.05, 3.63) is 24.3 Å². The number of hydrogen-bond acceptors (Lipinski definition) is 5. The normalized spacial score (nSPS) is 18.6. The van der Waals surface area contributed by atoms with Crippen LogP contribution in [0.25, 0.3) is 0 Å². The summed E-state index contributed by atoms with van der Waals surface area (Å²) >= 11 is 0. The molecule has 1 aliphatic heterocycles. The van der Waals surface area contributed by atoms with Gasteiger partial charge in [-0.25, -0.2) is 8.42 Å². The fourth-order valence-corrected chi connectivity index (χ4v) is 3.66. The van der Waals surface area contributed by atoms with E-state index in [4.69, 9.17) is 9.47 Å². The number of nitrogens with zero attached hydrogens (tertiary/aromatic N) is 1. The van der Waals surface area contributed by atoms with E-state index in [-0.39, 0.29) is 5.91 Å². The molecule has 0 radical (unpaired) electrons. The van der Waals surface area contributed by atoms with E-state index < -0.39 is 16.1 Å². The molecule has 128 valence electrons. The van der Waals surface area contributed by atoms with Crippen LogP contribution in [0.2, 0.25) is 0 Å². The van der Waals surface area contributed by atoms with Crippen LogP contribution >= 0.6 is 0 Å². The van der Waals surface area contributed by atoms with Gasteiger partial charge in [0.15, 0.2) is 0 Å². The van der Waals surface area contributed by atoms with Crippen molar-refractivity contribution in [2.24, 2.45) is 0 Å². The summed E-state index contributed by atoms with van der Waals surface area (Å²) in [7, 11) is -1.76. The lowest BCUT2D eigenvalue weighted by Crippen LogP contribution is -2.46. The molecule has 7 nitrogen and oxygen atoms in total. The van der Waals surface area contributed by atoms with Gasteiger partial charge in [-0.1, -0.05) is 0 Å². The zero-order valence-electron chi connectivity index (χ0n) is 13.3. The van der Waals surface area contributed by atoms with Gasteiger partial charge in [0.2, 0.25) is 15.9 Å². The van der Waals surface area contributed by atoms with Crippen LogP contribution in [0.1, 0.15) is 12.8 Å². The van der Waals surface area contributed by atoms with Gasteiger partial charge in [0.1, 0.15) is 24.1 Å². The van der Waals surface area contributed by atoms with Crippen LogP contribution < -0.4 is 14.8 Å². The summed E-state index contributed by atoms with van der Waals surface area (Å²) in [5.74, 6) is 1.15. The molecule has 0 saturated carbocycles. The van der Waals surface area contributed by atoms with E-state index in [1.54, 1.807) is 31.4 Å². The molecule has 1 unspecified atom stereocenters. The Morgan fingerprint density at radius 3 is 2.57 bits per heavy atom. The smallest absolute Gasteiger partial charge is 0.238 e. The van der Waals surface area contributed by atoms with Crippen molar-refractivity contribution in [3.63, 3.8) is 0 Å². The third-order valence-electron chi connectivity index (χ3n) is 3.66. The molecule has 8 heteroatoms. The molecule has 0 aromatic heterocycles. The molecule has 1 fully saturated rings. The maximum absolute atomic E-state index is 12.1. The highest BCUT2D eigenvalue weighted by molar-refractivity contribution is 7.88. The largest absolute Gasteiger partial charge is 0.497 e. The van der Waals surface area contributed by atoms with Crippen LogP contribution in [0, 0.1) is 0 Å². The molecular weight excluding hydrogens is 320 g/mol. The van der Waals surface area contributed by atoms with Crippen LogP contribution in [-0.4, -0.2) is 57.7 Å². The van der Waals surface area contributed by atoms with Crippen molar-refractivity contribution >= 4 is 15.9 Å². The Hall–Kier alpha value is -1.80. The first kappa shape index (κ1) is 17.6. The maximum atomic E-state index is 12.1. The number of hydrogen-bond donors (Lipinski definition) is 1. The van der Waals surface area contributed by atoms with Gasteiger partial charge in [-0.3, -0.25) is 4.79 Å². The third-order valence-corrected chi connectivity index (χ3v) is 4.95. The third kappa shape index (κ3) is 4.84. The molecule has 0 aliphatic carbocycles. The number of carbonyl (C=O) groups excluding carboxylic acids is 1. The number of rotatable bonds is 7. The summed E-state index contributed by atoms with van der Waals surface area (Å²) in [5, 5.41) is 2.72. The van der Waals surface area contributed by atoms with Crippen molar-refractivity contribution in [1.29, 1.82) is 0 Å². The van der Waals surface area contributed by atoms with Gasteiger partial charge >= 0.3 is 0 Å². The Bertz CT molecular complexity index is 630. The molecule has 1 aliphatic rings. The molecule has 1 N–H and O–H groups in total. The van der Waals surface area contributed by atoms with Gasteiger partial charge in [0.05, 0.1) is 19.9 Å². The Kier molecular flexibility index (Phi) is 5.84. The van der Waals surface area contributed by atoms with Gasteiger partial charge < -0.3 is 14.8 Å². The number of amides is 1. The molecule has 1 atom stereocenters. The predicted molar refractivity (Wildman–Crippen MR) is 86.1 cm³/mol. The maximum Gasteiger partial charge on any atom is 0.238 e. The molecule has 2 rings (SSSR count). The van der Waals surface area contributed by atoms with Crippen molar-refractivity contribution < 1.29 is 22.7 Å². The molecule has 1 amide bonds. The van der Waals surface area contributed by atoms with Gasteiger partial charge in [-0.15, -0.1) is 0 Å². The molecule has 1 saturated heterocycles. The average Bonchev–Trinajstić information content (AvgIpc) is 3.02. The fraction of sp³-hybridized carbons (Fsp3) is 0.533. The Morgan fingerprint density at radius 1 is 1.30 bits per heavy atom. The van der Waals surface area contributed by atoms with Gasteiger partial charge in [0, 0.05) is 6.54 Å². The lowest BCUT2D eigenvalue weighted by molar-refractivity contribution is -0.124. The van der Waals surface area contributed by atoms with Crippen molar-refractivity contribution in [2.75, 3.05) is 33.1 Å². The molecule has 1 aromatic carbocycles. The number of ether oxygens (including phenoxy) is 2. The van der Waals surface area contributed by atoms with E-state index >= 15 is 0 Å². The Labute approximate surface area is 136 Å². The second-order valence-corrected chi connectivity index (χ2v) is 7.28. The fourth-order valence-electron chi connectivity index (χ4n) is 2.53. The number of benzene rings is 1.